The minimum atomic E-state index is 0.204. The zero-order chi connectivity index (χ0) is 15.2. The topological polar surface area (TPSA) is 35.2 Å². The Labute approximate surface area is 137 Å². The molecule has 1 fully saturated rings. The van der Waals surface area contributed by atoms with Gasteiger partial charge >= 0.3 is 0 Å². The lowest BCUT2D eigenvalue weighted by Crippen LogP contribution is -2.30. The van der Waals surface area contributed by atoms with E-state index in [1.54, 1.807) is 0 Å². The normalized spacial score (nSPS) is 23.8. The summed E-state index contributed by atoms with van der Waals surface area (Å²) in [5.74, 6) is 1.71. The largest absolute Gasteiger partial charge is 0.489 e. The number of hydrogen-bond acceptors (Lipinski definition) is 2. The number of nitrogens with two attached hydrogens (primary N) is 1. The third-order valence-corrected chi connectivity index (χ3v) is 5.31. The van der Waals surface area contributed by atoms with Gasteiger partial charge in [0.25, 0.3) is 0 Å². The van der Waals surface area contributed by atoms with E-state index in [9.17, 15) is 0 Å². The van der Waals surface area contributed by atoms with Crippen molar-refractivity contribution in [3.05, 3.63) is 28.2 Å². The monoisotopic (exact) mass is 353 g/mol. The highest BCUT2D eigenvalue weighted by Crippen LogP contribution is 2.36. The lowest BCUT2D eigenvalue weighted by Gasteiger charge is -2.32. The van der Waals surface area contributed by atoms with Gasteiger partial charge in [0.2, 0.25) is 0 Å². The average molecular weight is 354 g/mol. The van der Waals surface area contributed by atoms with Crippen molar-refractivity contribution < 1.29 is 4.74 Å². The van der Waals surface area contributed by atoms with Crippen molar-refractivity contribution in [1.29, 1.82) is 0 Å². The number of para-hydroxylation sites is 1. The molecule has 0 aromatic heterocycles. The highest BCUT2D eigenvalue weighted by Gasteiger charge is 2.26. The minimum absolute atomic E-state index is 0.204. The van der Waals surface area contributed by atoms with Crippen molar-refractivity contribution in [2.45, 2.75) is 70.9 Å². The first-order valence-electron chi connectivity index (χ1n) is 8.35. The van der Waals surface area contributed by atoms with Crippen LogP contribution in [0, 0.1) is 5.92 Å². The first-order valence-corrected chi connectivity index (χ1v) is 9.14. The van der Waals surface area contributed by atoms with Crippen LogP contribution in [0.15, 0.2) is 22.7 Å². The zero-order valence-corrected chi connectivity index (χ0v) is 14.9. The lowest BCUT2D eigenvalue weighted by atomic mass is 9.84. The highest BCUT2D eigenvalue weighted by atomic mass is 79.9. The molecule has 1 aromatic rings. The van der Waals surface area contributed by atoms with Crippen LogP contribution in [-0.2, 0) is 6.42 Å². The Morgan fingerprint density at radius 3 is 2.76 bits per heavy atom. The Kier molecular flexibility index (Phi) is 6.56. The van der Waals surface area contributed by atoms with Gasteiger partial charge in [0.15, 0.2) is 0 Å². The standard InChI is InChI=1S/C18H28BrNO/c1-3-13-8-5-6-11-17(13)21-18-14(12-15(20)4-2)9-7-10-16(18)19/h7,9-10,13,15,17H,3-6,8,11-12,20H2,1-2H3. The van der Waals surface area contributed by atoms with E-state index in [0.717, 1.165) is 23.1 Å². The molecule has 2 nitrogen and oxygen atoms in total. The van der Waals surface area contributed by atoms with E-state index in [2.05, 4.69) is 48.0 Å². The second kappa shape index (κ2) is 8.19. The van der Waals surface area contributed by atoms with Crippen molar-refractivity contribution in [3.8, 4) is 5.75 Å². The maximum atomic E-state index is 6.46. The first kappa shape index (κ1) is 16.8. The minimum Gasteiger partial charge on any atom is -0.489 e. The molecule has 21 heavy (non-hydrogen) atoms. The molecule has 3 unspecified atom stereocenters. The predicted molar refractivity (Wildman–Crippen MR) is 92.8 cm³/mol. The van der Waals surface area contributed by atoms with Gasteiger partial charge < -0.3 is 10.5 Å². The molecule has 3 atom stereocenters. The van der Waals surface area contributed by atoms with Crippen LogP contribution in [0.3, 0.4) is 0 Å². The van der Waals surface area contributed by atoms with E-state index in [1.807, 2.05) is 0 Å². The third kappa shape index (κ3) is 4.46. The molecule has 1 aliphatic rings. The Balaban J connectivity index is 2.17. The summed E-state index contributed by atoms with van der Waals surface area (Å²) in [4.78, 5) is 0. The fraction of sp³-hybridized carbons (Fsp3) is 0.667. The van der Waals surface area contributed by atoms with Crippen LogP contribution in [0.5, 0.6) is 5.75 Å². The summed E-state index contributed by atoms with van der Waals surface area (Å²) < 4.78 is 7.52. The van der Waals surface area contributed by atoms with Crippen LogP contribution in [0.4, 0.5) is 0 Å². The molecule has 0 heterocycles. The molecule has 2 N–H and O–H groups in total. The Morgan fingerprint density at radius 1 is 1.29 bits per heavy atom. The molecule has 1 saturated carbocycles. The van der Waals surface area contributed by atoms with Gasteiger partial charge in [-0.05, 0) is 72.0 Å². The number of halogens is 1. The summed E-state index contributed by atoms with van der Waals surface area (Å²) in [6.07, 6.45) is 8.56. The van der Waals surface area contributed by atoms with E-state index in [1.165, 1.54) is 37.7 Å². The molecular weight excluding hydrogens is 326 g/mol. The Bertz CT molecular complexity index is 449. The molecule has 0 radical (unpaired) electrons. The van der Waals surface area contributed by atoms with E-state index in [0.29, 0.717) is 12.0 Å². The molecule has 1 aromatic carbocycles. The Morgan fingerprint density at radius 2 is 2.05 bits per heavy atom. The van der Waals surface area contributed by atoms with Gasteiger partial charge in [-0.1, -0.05) is 32.4 Å². The van der Waals surface area contributed by atoms with Gasteiger partial charge in [0, 0.05) is 6.04 Å². The predicted octanol–water partition coefficient (Wildman–Crippen LogP) is 5.08. The zero-order valence-electron chi connectivity index (χ0n) is 13.3. The molecule has 0 bridgehead atoms. The van der Waals surface area contributed by atoms with Crippen LogP contribution < -0.4 is 10.5 Å². The third-order valence-electron chi connectivity index (χ3n) is 4.69. The summed E-state index contributed by atoms with van der Waals surface area (Å²) in [5, 5.41) is 0. The van der Waals surface area contributed by atoms with Gasteiger partial charge in [0.1, 0.15) is 11.9 Å². The summed E-state index contributed by atoms with van der Waals surface area (Å²) >= 11 is 3.66. The number of ether oxygens (including phenoxy) is 1. The van der Waals surface area contributed by atoms with Crippen LogP contribution in [0.25, 0.3) is 0 Å². The molecule has 1 aliphatic carbocycles. The molecule has 0 amide bonds. The maximum absolute atomic E-state index is 6.46. The molecule has 0 aliphatic heterocycles. The quantitative estimate of drug-likeness (QED) is 0.773. The summed E-state index contributed by atoms with van der Waals surface area (Å²) in [6, 6.07) is 6.50. The van der Waals surface area contributed by atoms with Crippen LogP contribution in [0.2, 0.25) is 0 Å². The number of rotatable bonds is 6. The highest BCUT2D eigenvalue weighted by molar-refractivity contribution is 9.10. The maximum Gasteiger partial charge on any atom is 0.137 e. The fourth-order valence-electron chi connectivity index (χ4n) is 3.22. The molecule has 0 spiro atoms. The van der Waals surface area contributed by atoms with Crippen LogP contribution >= 0.6 is 15.9 Å². The fourth-order valence-corrected chi connectivity index (χ4v) is 3.72. The van der Waals surface area contributed by atoms with Gasteiger partial charge in [-0.3, -0.25) is 0 Å². The van der Waals surface area contributed by atoms with Crippen LogP contribution in [-0.4, -0.2) is 12.1 Å². The molecule has 0 saturated heterocycles. The second-order valence-corrected chi connectivity index (χ2v) is 7.06. The Hall–Kier alpha value is -0.540. The number of hydrogen-bond donors (Lipinski definition) is 1. The number of benzene rings is 1. The molecular formula is C18H28BrNO. The van der Waals surface area contributed by atoms with Crippen molar-refractivity contribution in [2.75, 3.05) is 0 Å². The van der Waals surface area contributed by atoms with E-state index in [-0.39, 0.29) is 6.04 Å². The van der Waals surface area contributed by atoms with Crippen molar-refractivity contribution >= 4 is 15.9 Å². The van der Waals surface area contributed by atoms with E-state index < -0.39 is 0 Å². The van der Waals surface area contributed by atoms with Crippen molar-refractivity contribution in [1.82, 2.24) is 0 Å². The summed E-state index contributed by atoms with van der Waals surface area (Å²) in [7, 11) is 0. The molecule has 3 heteroatoms. The molecule has 2 rings (SSSR count). The summed E-state index contributed by atoms with van der Waals surface area (Å²) in [6.45, 7) is 4.41. The average Bonchev–Trinajstić information content (AvgIpc) is 2.51. The molecule has 118 valence electrons. The lowest BCUT2D eigenvalue weighted by molar-refractivity contribution is 0.0885. The van der Waals surface area contributed by atoms with Gasteiger partial charge in [-0.15, -0.1) is 0 Å². The van der Waals surface area contributed by atoms with E-state index >= 15 is 0 Å². The first-order chi connectivity index (χ1) is 10.2. The van der Waals surface area contributed by atoms with Gasteiger partial charge in [-0.2, -0.15) is 0 Å². The van der Waals surface area contributed by atoms with Gasteiger partial charge in [0.05, 0.1) is 4.47 Å². The second-order valence-electron chi connectivity index (χ2n) is 6.21. The summed E-state index contributed by atoms with van der Waals surface area (Å²) in [5.41, 5.74) is 7.38. The SMILES string of the molecule is CCC(N)Cc1cccc(Br)c1OC1CCCCC1CC. The van der Waals surface area contributed by atoms with Crippen LogP contribution in [0.1, 0.15) is 57.9 Å². The van der Waals surface area contributed by atoms with E-state index in [4.69, 9.17) is 10.5 Å². The smallest absolute Gasteiger partial charge is 0.137 e. The van der Waals surface area contributed by atoms with Crippen molar-refractivity contribution in [2.24, 2.45) is 11.7 Å². The van der Waals surface area contributed by atoms with Crippen molar-refractivity contribution in [3.63, 3.8) is 0 Å². The van der Waals surface area contributed by atoms with Gasteiger partial charge in [-0.25, -0.2) is 0 Å².